The van der Waals surface area contributed by atoms with Crippen LogP contribution in [0.5, 0.6) is 0 Å². The lowest BCUT2D eigenvalue weighted by atomic mass is 10.1. The first kappa shape index (κ1) is 26.9. The molecule has 0 bridgehead atoms. The molecule has 0 spiro atoms. The number of pyridine rings is 1. The molecule has 2 N–H and O–H groups in total. The summed E-state index contributed by atoms with van der Waals surface area (Å²) >= 11 is 1.39. The lowest BCUT2D eigenvalue weighted by Crippen LogP contribution is -2.50. The number of carbonyl (C=O) groups excluding carboxylic acids is 2. The van der Waals surface area contributed by atoms with E-state index in [1.807, 2.05) is 36.7 Å². The van der Waals surface area contributed by atoms with Crippen molar-refractivity contribution in [2.75, 3.05) is 42.2 Å². The van der Waals surface area contributed by atoms with Gasteiger partial charge in [0, 0.05) is 55.3 Å². The summed E-state index contributed by atoms with van der Waals surface area (Å²) in [7, 11) is 1.99. The molecule has 0 radical (unpaired) electrons. The molecule has 12 heteroatoms. The molecule has 2 saturated heterocycles. The fraction of sp³-hybridized carbons (Fsp3) is 0.310. The summed E-state index contributed by atoms with van der Waals surface area (Å²) in [4.78, 5) is 37.9. The number of thiazole rings is 1. The molecular weight excluding hydrogens is 545 g/mol. The predicted molar refractivity (Wildman–Crippen MR) is 155 cm³/mol. The van der Waals surface area contributed by atoms with Crippen LogP contribution < -0.4 is 15.5 Å². The van der Waals surface area contributed by atoms with E-state index in [0.29, 0.717) is 28.6 Å². The van der Waals surface area contributed by atoms with Crippen molar-refractivity contribution in [2.45, 2.75) is 31.5 Å². The number of anilines is 3. The van der Waals surface area contributed by atoms with E-state index in [1.54, 1.807) is 29.0 Å². The van der Waals surface area contributed by atoms with E-state index in [1.165, 1.54) is 23.6 Å². The Hall–Kier alpha value is -4.29. The lowest BCUT2D eigenvalue weighted by molar-refractivity contribution is 0.00682. The van der Waals surface area contributed by atoms with E-state index in [-0.39, 0.29) is 18.1 Å². The first-order valence-electron chi connectivity index (χ1n) is 13.5. The molecule has 6 rings (SSSR count). The number of nitrogens with one attached hydrogen (secondary N) is 2. The van der Waals surface area contributed by atoms with E-state index < -0.39 is 12.0 Å². The molecule has 2 amide bonds. The average Bonchev–Trinajstić information content (AvgIpc) is 3.69. The zero-order chi connectivity index (χ0) is 28.3. The Labute approximate surface area is 240 Å². The van der Waals surface area contributed by atoms with Crippen LogP contribution in [0.2, 0.25) is 0 Å². The first-order valence-corrected chi connectivity index (χ1v) is 14.3. The minimum absolute atomic E-state index is 0.0547. The number of amides is 2. The van der Waals surface area contributed by atoms with Gasteiger partial charge in [0.2, 0.25) is 5.95 Å². The van der Waals surface area contributed by atoms with Crippen LogP contribution in [-0.4, -0.2) is 64.2 Å². The number of rotatable bonds is 8. The SMILES string of the molecule is CN1CC(OC(=O)Nc2ccc(N3CCC[C@@H]3c3csc(NC(=O)c4cccn4Cc4ccnc(F)c4)n3)cc2)C1. The smallest absolute Gasteiger partial charge is 0.411 e. The second-order valence-corrected chi connectivity index (χ2v) is 11.2. The van der Waals surface area contributed by atoms with E-state index in [9.17, 15) is 14.0 Å². The van der Waals surface area contributed by atoms with Crippen molar-refractivity contribution in [3.05, 3.63) is 89.2 Å². The van der Waals surface area contributed by atoms with Gasteiger partial charge in [0.05, 0.1) is 11.7 Å². The van der Waals surface area contributed by atoms with Crippen LogP contribution in [0, 0.1) is 5.95 Å². The maximum absolute atomic E-state index is 13.5. The van der Waals surface area contributed by atoms with Crippen LogP contribution in [0.15, 0.2) is 66.3 Å². The Morgan fingerprint density at radius 1 is 1.15 bits per heavy atom. The Balaban J connectivity index is 1.07. The predicted octanol–water partition coefficient (Wildman–Crippen LogP) is 4.98. The van der Waals surface area contributed by atoms with Crippen molar-refractivity contribution in [1.29, 1.82) is 0 Å². The van der Waals surface area contributed by atoms with Crippen LogP contribution in [0.3, 0.4) is 0 Å². The summed E-state index contributed by atoms with van der Waals surface area (Å²) < 4.78 is 20.7. The minimum atomic E-state index is -0.554. The van der Waals surface area contributed by atoms with Gasteiger partial charge in [-0.3, -0.25) is 20.3 Å². The van der Waals surface area contributed by atoms with Gasteiger partial charge < -0.3 is 14.2 Å². The van der Waals surface area contributed by atoms with Crippen LogP contribution in [0.25, 0.3) is 0 Å². The fourth-order valence-electron chi connectivity index (χ4n) is 5.29. The van der Waals surface area contributed by atoms with E-state index in [2.05, 4.69) is 25.4 Å². The highest BCUT2D eigenvalue weighted by Gasteiger charge is 2.29. The van der Waals surface area contributed by atoms with Gasteiger partial charge in [0.1, 0.15) is 11.8 Å². The highest BCUT2D eigenvalue weighted by Crippen LogP contribution is 2.37. The average molecular weight is 576 g/mol. The first-order chi connectivity index (χ1) is 19.9. The molecular formula is C29H30FN7O3S. The van der Waals surface area contributed by atoms with Crippen LogP contribution in [0.4, 0.5) is 25.7 Å². The van der Waals surface area contributed by atoms with Crippen molar-refractivity contribution in [1.82, 2.24) is 19.4 Å². The maximum Gasteiger partial charge on any atom is 0.411 e. The monoisotopic (exact) mass is 575 g/mol. The zero-order valence-electron chi connectivity index (χ0n) is 22.5. The van der Waals surface area contributed by atoms with Gasteiger partial charge in [-0.05, 0) is 74.0 Å². The van der Waals surface area contributed by atoms with E-state index >= 15 is 0 Å². The molecule has 1 aromatic carbocycles. The number of halogens is 1. The van der Waals surface area contributed by atoms with Gasteiger partial charge in [0.15, 0.2) is 5.13 Å². The molecule has 0 unspecified atom stereocenters. The summed E-state index contributed by atoms with van der Waals surface area (Å²) in [6.45, 7) is 2.75. The molecule has 2 aliphatic rings. The Kier molecular flexibility index (Phi) is 7.66. The molecule has 0 saturated carbocycles. The molecule has 1 atom stereocenters. The number of likely N-dealkylation sites (tertiary alicyclic amines) is 1. The van der Waals surface area contributed by atoms with Crippen LogP contribution >= 0.6 is 11.3 Å². The van der Waals surface area contributed by atoms with Gasteiger partial charge in [-0.1, -0.05) is 0 Å². The van der Waals surface area contributed by atoms with Gasteiger partial charge in [-0.25, -0.2) is 14.8 Å². The van der Waals surface area contributed by atoms with Crippen molar-refractivity contribution < 1.29 is 18.7 Å². The van der Waals surface area contributed by atoms with E-state index in [0.717, 1.165) is 43.9 Å². The molecule has 212 valence electrons. The molecule has 0 aliphatic carbocycles. The molecule has 4 aromatic rings. The summed E-state index contributed by atoms with van der Waals surface area (Å²) in [6, 6.07) is 14.4. The molecule has 2 aliphatic heterocycles. The standard InChI is InChI=1S/C29H30FN7O3S/c1-35-16-22(17-35)40-29(39)32-20-6-8-21(9-7-20)37-13-3-4-24(37)23-18-41-28(33-23)34-27(38)25-5-2-12-36(25)15-19-10-11-31-26(30)14-19/h2,5-12,14,18,22,24H,3-4,13,15-17H2,1H3,(H,32,39)(H,33,34,38)/t24-/m1/s1. The van der Waals surface area contributed by atoms with Gasteiger partial charge in [-0.2, -0.15) is 4.39 Å². The largest absolute Gasteiger partial charge is 0.443 e. The highest BCUT2D eigenvalue weighted by atomic mass is 32.1. The minimum Gasteiger partial charge on any atom is -0.443 e. The Morgan fingerprint density at radius 2 is 1.98 bits per heavy atom. The Morgan fingerprint density at radius 3 is 2.76 bits per heavy atom. The summed E-state index contributed by atoms with van der Waals surface area (Å²) in [5.74, 6) is -0.832. The van der Waals surface area contributed by atoms with Crippen LogP contribution in [0.1, 0.15) is 40.6 Å². The summed E-state index contributed by atoms with van der Waals surface area (Å²) in [5.41, 5.74) is 3.79. The molecule has 2 fully saturated rings. The third-order valence-corrected chi connectivity index (χ3v) is 8.07. The zero-order valence-corrected chi connectivity index (χ0v) is 23.3. The summed E-state index contributed by atoms with van der Waals surface area (Å²) in [5, 5.41) is 8.23. The second kappa shape index (κ2) is 11.7. The number of ether oxygens (including phenoxy) is 1. The highest BCUT2D eigenvalue weighted by molar-refractivity contribution is 7.14. The number of hydrogen-bond acceptors (Lipinski definition) is 8. The van der Waals surface area contributed by atoms with Crippen LogP contribution in [-0.2, 0) is 11.3 Å². The van der Waals surface area contributed by atoms with E-state index in [4.69, 9.17) is 9.72 Å². The molecule has 10 nitrogen and oxygen atoms in total. The normalized spacial score (nSPS) is 17.3. The topological polar surface area (TPSA) is 105 Å². The Bertz CT molecular complexity index is 1530. The lowest BCUT2D eigenvalue weighted by Gasteiger charge is -2.35. The fourth-order valence-corrected chi connectivity index (χ4v) is 6.04. The van der Waals surface area contributed by atoms with Gasteiger partial charge >= 0.3 is 6.09 Å². The third kappa shape index (κ3) is 6.23. The van der Waals surface area contributed by atoms with Gasteiger partial charge in [0.25, 0.3) is 5.91 Å². The van der Waals surface area contributed by atoms with Crippen molar-refractivity contribution in [3.8, 4) is 0 Å². The third-order valence-electron chi connectivity index (χ3n) is 7.29. The number of benzene rings is 1. The molecule has 5 heterocycles. The maximum atomic E-state index is 13.5. The van der Waals surface area contributed by atoms with Crippen molar-refractivity contribution in [2.24, 2.45) is 0 Å². The molecule has 3 aromatic heterocycles. The van der Waals surface area contributed by atoms with Crippen molar-refractivity contribution in [3.63, 3.8) is 0 Å². The summed E-state index contributed by atoms with van der Waals surface area (Å²) in [6.07, 6.45) is 4.67. The second-order valence-electron chi connectivity index (χ2n) is 10.3. The number of hydrogen-bond donors (Lipinski definition) is 2. The quantitative estimate of drug-likeness (QED) is 0.286. The number of carbonyl (C=O) groups is 2. The number of likely N-dealkylation sites (N-methyl/N-ethyl adjacent to an activating group) is 1. The van der Waals surface area contributed by atoms with Crippen molar-refractivity contribution >= 4 is 39.8 Å². The number of nitrogens with zero attached hydrogens (tertiary/aromatic N) is 5. The molecule has 41 heavy (non-hydrogen) atoms. The van der Waals surface area contributed by atoms with Gasteiger partial charge in [-0.15, -0.1) is 11.3 Å². The number of aromatic nitrogens is 3.